The van der Waals surface area contributed by atoms with Crippen LogP contribution in [0.5, 0.6) is 34.5 Å². The first-order valence-electron chi connectivity index (χ1n) is 34.2. The Morgan fingerprint density at radius 2 is 0.702 bits per heavy atom. The number of rotatable bonds is 51. The lowest BCUT2D eigenvalue weighted by atomic mass is 10.1. The van der Waals surface area contributed by atoms with E-state index >= 15 is 8.63 Å². The van der Waals surface area contributed by atoms with Crippen LogP contribution >= 0.6 is 0 Å². The summed E-state index contributed by atoms with van der Waals surface area (Å²) in [5.74, 6) is 3.67. The van der Waals surface area contributed by atoms with Crippen molar-refractivity contribution < 1.29 is 51.4 Å². The molecule has 0 atom stereocenters. The Kier molecular flexibility index (Phi) is 35.4. The quantitative estimate of drug-likeness (QED) is 0.0426. The topological polar surface area (TPSA) is 104 Å². The van der Waals surface area contributed by atoms with Gasteiger partial charge < -0.3 is 51.3 Å². The summed E-state index contributed by atoms with van der Waals surface area (Å²) in [7, 11) is -4.74. The van der Waals surface area contributed by atoms with Crippen LogP contribution in [0.1, 0.15) is 284 Å². The Bertz CT molecular complexity index is 2300. The summed E-state index contributed by atoms with van der Waals surface area (Å²) in [6.45, 7) is 16.7. The van der Waals surface area contributed by atoms with Gasteiger partial charge in [0.25, 0.3) is 0 Å². The summed E-state index contributed by atoms with van der Waals surface area (Å²) in [5, 5.41) is 0. The van der Waals surface area contributed by atoms with Gasteiger partial charge in [-0.1, -0.05) is 234 Å². The minimum atomic E-state index is -4.74. The molecule has 0 radical (unpaired) electrons. The zero-order valence-corrected chi connectivity index (χ0v) is 53.5. The van der Waals surface area contributed by atoms with Crippen molar-refractivity contribution >= 4 is 18.6 Å². The number of unbranched alkanes of at least 4 members (excludes halogenated alkanes) is 30. The lowest BCUT2D eigenvalue weighted by molar-refractivity contribution is -0.388. The van der Waals surface area contributed by atoms with Crippen LogP contribution in [-0.4, -0.2) is 57.4 Å². The molecule has 0 saturated heterocycles. The van der Waals surface area contributed by atoms with Crippen molar-refractivity contribution in [3.63, 3.8) is 0 Å². The second-order valence-corrected chi connectivity index (χ2v) is 23.5. The van der Waals surface area contributed by atoms with Crippen molar-refractivity contribution in [1.82, 2.24) is 4.98 Å². The third-order valence-corrected chi connectivity index (χ3v) is 15.9. The van der Waals surface area contributed by atoms with Crippen LogP contribution in [0.15, 0.2) is 66.1 Å². The molecule has 0 unspecified atom stereocenters. The van der Waals surface area contributed by atoms with Crippen LogP contribution in [-0.2, 0) is 9.31 Å². The molecular formula is C71H113BF2N2O8. The maximum Gasteiger partial charge on any atom is 0.726 e. The van der Waals surface area contributed by atoms with Gasteiger partial charge in [0, 0.05) is 29.5 Å². The molecule has 2 aromatic carbocycles. The van der Waals surface area contributed by atoms with Gasteiger partial charge in [0.1, 0.15) is 5.76 Å². The largest absolute Gasteiger partial charge is 0.726 e. The fourth-order valence-electron chi connectivity index (χ4n) is 10.8. The minimum Gasteiger partial charge on any atom is -0.626 e. The molecule has 472 valence electrons. The maximum atomic E-state index is 15.8. The Balaban J connectivity index is 1.46. The molecule has 2 aliphatic rings. The molecule has 13 heteroatoms. The summed E-state index contributed by atoms with van der Waals surface area (Å²) < 4.78 is 82.0. The second-order valence-electron chi connectivity index (χ2n) is 23.5. The number of benzene rings is 2. The van der Waals surface area contributed by atoms with Gasteiger partial charge in [-0.3, -0.25) is 0 Å². The monoisotopic (exact) mass is 1170 g/mol. The molecule has 1 aromatic heterocycles. The molecule has 2 aliphatic heterocycles. The predicted octanol–water partition coefficient (Wildman–Crippen LogP) is 20.2. The molecule has 2 N–H and O–H groups in total. The number of allylic oxidation sites excluding steroid dienone is 3. The summed E-state index contributed by atoms with van der Waals surface area (Å²) in [6.07, 6.45) is 46.6. The molecule has 10 nitrogen and oxygen atoms in total. The van der Waals surface area contributed by atoms with Crippen LogP contribution in [0.2, 0.25) is 0 Å². The summed E-state index contributed by atoms with van der Waals surface area (Å²) >= 11 is 0. The highest BCUT2D eigenvalue weighted by Crippen LogP contribution is 2.44. The number of H-pyrrole nitrogens is 1. The van der Waals surface area contributed by atoms with Crippen molar-refractivity contribution in [3.8, 4) is 45.8 Å². The van der Waals surface area contributed by atoms with Gasteiger partial charge in [0.05, 0.1) is 50.9 Å². The lowest BCUT2D eigenvalue weighted by Crippen LogP contribution is -2.68. The molecule has 3 heterocycles. The number of ether oxygens (including phenoxy) is 6. The molecule has 0 spiro atoms. The molecule has 0 aliphatic carbocycles. The number of hydrogen-bond donors (Lipinski definition) is 2. The molecule has 3 aromatic rings. The Morgan fingerprint density at radius 3 is 1.07 bits per heavy atom. The number of aromatic nitrogens is 1. The van der Waals surface area contributed by atoms with Crippen molar-refractivity contribution in [1.29, 1.82) is 0 Å². The van der Waals surface area contributed by atoms with Crippen molar-refractivity contribution in [2.75, 3.05) is 39.6 Å². The van der Waals surface area contributed by atoms with Gasteiger partial charge in [-0.25, -0.2) is 4.99 Å². The Labute approximate surface area is 508 Å². The van der Waals surface area contributed by atoms with Gasteiger partial charge in [0.2, 0.25) is 22.9 Å². The van der Waals surface area contributed by atoms with Gasteiger partial charge in [0.15, 0.2) is 28.8 Å². The lowest BCUT2D eigenvalue weighted by Gasteiger charge is -2.33. The van der Waals surface area contributed by atoms with E-state index in [4.69, 9.17) is 37.7 Å². The molecule has 0 bridgehead atoms. The summed E-state index contributed by atoms with van der Waals surface area (Å²) in [6, 6.07) is 11.6. The van der Waals surface area contributed by atoms with Crippen LogP contribution in [0, 0.1) is 0 Å². The highest BCUT2D eigenvalue weighted by Gasteiger charge is 2.40. The molecule has 84 heavy (non-hydrogen) atoms. The van der Waals surface area contributed by atoms with Gasteiger partial charge >= 0.3 is 7.11 Å². The van der Waals surface area contributed by atoms with E-state index in [-0.39, 0.29) is 11.5 Å². The first-order chi connectivity index (χ1) is 41.2. The maximum absolute atomic E-state index is 15.8. The zero-order chi connectivity index (χ0) is 59.7. The first kappa shape index (κ1) is 69.7. The summed E-state index contributed by atoms with van der Waals surface area (Å²) in [5.41, 5.74) is 3.72. The first-order valence-corrected chi connectivity index (χ1v) is 34.2. The van der Waals surface area contributed by atoms with E-state index in [0.717, 1.165) is 88.2 Å². The fraction of sp³-hybridized carbons (Fsp3) is 0.676. The number of halogens is 2. The van der Waals surface area contributed by atoms with Crippen LogP contribution in [0.4, 0.5) is 8.63 Å². The van der Waals surface area contributed by atoms with Crippen LogP contribution < -0.4 is 33.4 Å². The third-order valence-electron chi connectivity index (χ3n) is 15.9. The van der Waals surface area contributed by atoms with E-state index in [1.165, 1.54) is 160 Å². The van der Waals surface area contributed by atoms with Crippen molar-refractivity contribution in [2.45, 2.75) is 273 Å². The van der Waals surface area contributed by atoms with E-state index < -0.39 is 7.11 Å². The number of hydrogen-bond acceptors (Lipinski definition) is 8. The van der Waals surface area contributed by atoms with E-state index in [0.29, 0.717) is 96.9 Å². The fourth-order valence-corrected chi connectivity index (χ4v) is 10.8. The van der Waals surface area contributed by atoms with Crippen molar-refractivity contribution in [3.05, 3.63) is 77.3 Å². The van der Waals surface area contributed by atoms with E-state index in [1.807, 2.05) is 36.4 Å². The van der Waals surface area contributed by atoms with E-state index in [2.05, 4.69) is 51.5 Å². The van der Waals surface area contributed by atoms with Gasteiger partial charge in [-0.05, 0) is 74.9 Å². The predicted molar refractivity (Wildman–Crippen MR) is 345 cm³/mol. The van der Waals surface area contributed by atoms with Gasteiger partial charge in [-0.15, -0.1) is 0 Å². The minimum absolute atomic E-state index is 0.0377. The Morgan fingerprint density at radius 1 is 0.381 bits per heavy atom. The SMILES string of the molecule is CCCCCCCCOc1cc(C2=[NH+]/C(=C3/C=C(c4ccc(-c5cc(OCCCCCCCC)c(OCCCCCCCC)c(OCCCCCCCC)c5)[nH]4)O[B-](F)(F)O3)C=C2)cc(OCCCCCCCC)c1OCCCCCCCC. The Hall–Kier alpha value is -5.07. The molecule has 0 fully saturated rings. The average molecular weight is 1170 g/mol. The molecular weight excluding hydrogens is 1060 g/mol. The standard InChI is InChI=1S/C71H112BF2N2O8/c1-7-13-19-25-31-37-47-77-66-53-58(54-67(78-48-38-32-26-20-14-8-2)70(66)81-51-41-35-29-23-17-11-5)60-43-45-62(75-60)64-57-65(84-72(73,74)83-64)63-46-44-61(76-63)59-55-68(79-49-39-33-27-21-15-9-3)71(82-52-42-36-30-24-18-12-6)69(56-59)80-50-40-34-28-22-16-10-4/h43-46,53-57,75H,7-42,47-52H2,1-6H3/q-1/p+1/b65-63-. The van der Waals surface area contributed by atoms with Crippen LogP contribution in [0.25, 0.3) is 17.0 Å². The highest BCUT2D eigenvalue weighted by atomic mass is 19.3. The number of aromatic amines is 1. The smallest absolute Gasteiger partial charge is 0.626 e. The highest BCUT2D eigenvalue weighted by molar-refractivity contribution is 6.53. The third kappa shape index (κ3) is 26.7. The molecule has 5 rings (SSSR count). The summed E-state index contributed by atoms with van der Waals surface area (Å²) in [4.78, 5) is 6.82. The van der Waals surface area contributed by atoms with E-state index in [1.54, 1.807) is 12.1 Å². The molecule has 0 amide bonds. The molecule has 0 saturated carbocycles. The normalized spacial score (nSPS) is 14.5. The van der Waals surface area contributed by atoms with Gasteiger partial charge in [-0.2, -0.15) is 0 Å². The number of nitrogens with one attached hydrogen (secondary N) is 2. The van der Waals surface area contributed by atoms with E-state index in [9.17, 15) is 0 Å². The van der Waals surface area contributed by atoms with Crippen molar-refractivity contribution in [2.24, 2.45) is 0 Å². The van der Waals surface area contributed by atoms with Crippen LogP contribution in [0.3, 0.4) is 0 Å². The average Bonchev–Trinajstić information content (AvgIpc) is 3.81. The second kappa shape index (κ2) is 42.7. The zero-order valence-electron chi connectivity index (χ0n) is 53.5.